The number of rotatable bonds is 8. The molecule has 0 spiro atoms. The van der Waals surface area contributed by atoms with Crippen LogP contribution in [0.5, 0.6) is 11.5 Å². The standard InChI is InChI=1S/2C30H22O.C8H14.Ti/c2*31-30-28(24-17-9-3-10-18-24)26(22-13-5-1-6-14-22)21-27(23-15-7-2-8-16-23)29(30)25-19-11-4-12-20-25;1-7-5-3-4-6-8(7)2;/h2*1-21,31H;7-8H,1-6H2;/q;;;+2/p-2/t;;7-,8-;/m..1./s1. The molecule has 0 amide bonds. The van der Waals surface area contributed by atoms with Gasteiger partial charge in [-0.15, -0.1) is 5.92 Å². The molecule has 11 rings (SSSR count). The van der Waals surface area contributed by atoms with Crippen molar-refractivity contribution in [2.75, 3.05) is 0 Å². The van der Waals surface area contributed by atoms with Crippen LogP contribution in [-0.4, -0.2) is 0 Å². The molecule has 10 aromatic rings. The van der Waals surface area contributed by atoms with Crippen LogP contribution in [0.3, 0.4) is 0 Å². The van der Waals surface area contributed by atoms with Crippen molar-refractivity contribution in [2.24, 2.45) is 11.8 Å². The van der Waals surface area contributed by atoms with Crippen LogP contribution in [-0.2, 0) is 21.7 Å². The molecule has 1 saturated carbocycles. The fraction of sp³-hybridized carbons (Fsp3) is 0.0882. The molecule has 1 aliphatic carbocycles. The van der Waals surface area contributed by atoms with Crippen LogP contribution in [0.2, 0.25) is 0 Å². The first-order valence-corrected chi connectivity index (χ1v) is 24.3. The molecule has 3 heteroatoms. The molecule has 2 nitrogen and oxygen atoms in total. The van der Waals surface area contributed by atoms with E-state index in [-0.39, 0.29) is 33.2 Å². The van der Waals surface area contributed by atoms with Crippen LogP contribution < -0.4 is 10.2 Å². The number of hydrogen-bond acceptors (Lipinski definition) is 2. The molecule has 0 saturated heterocycles. The van der Waals surface area contributed by atoms with Gasteiger partial charge in [-0.25, -0.2) is 0 Å². The summed E-state index contributed by atoms with van der Waals surface area (Å²) in [6.45, 7) is 8.03. The van der Waals surface area contributed by atoms with E-state index in [1.807, 2.05) is 194 Å². The largest absolute Gasteiger partial charge is 2.00 e. The van der Waals surface area contributed by atoms with Crippen LogP contribution in [0.4, 0.5) is 0 Å². The Bertz CT molecular complexity index is 2780. The van der Waals surface area contributed by atoms with E-state index in [2.05, 4.69) is 74.5 Å². The van der Waals surface area contributed by atoms with E-state index in [9.17, 15) is 10.2 Å². The first kappa shape index (κ1) is 49.8. The van der Waals surface area contributed by atoms with Crippen molar-refractivity contribution in [1.82, 2.24) is 0 Å². The first-order valence-electron chi connectivity index (χ1n) is 24.3. The van der Waals surface area contributed by atoms with Crippen molar-refractivity contribution in [3.63, 3.8) is 0 Å². The van der Waals surface area contributed by atoms with E-state index < -0.39 is 0 Å². The summed E-state index contributed by atoms with van der Waals surface area (Å²) in [6.07, 6.45) is 5.35. The van der Waals surface area contributed by atoms with Crippen molar-refractivity contribution in [3.8, 4) is 101 Å². The smallest absolute Gasteiger partial charge is 0.872 e. The van der Waals surface area contributed by atoms with Gasteiger partial charge in [-0.2, -0.15) is 0 Å². The first-order chi connectivity index (χ1) is 34.5. The zero-order valence-corrected chi connectivity index (χ0v) is 41.5. The molecule has 2 atom stereocenters. The molecular weight excluding hydrogens is 897 g/mol. The Balaban J connectivity index is 0.000000163. The predicted molar refractivity (Wildman–Crippen MR) is 291 cm³/mol. The van der Waals surface area contributed by atoms with Crippen molar-refractivity contribution >= 4 is 0 Å². The van der Waals surface area contributed by atoms with Crippen LogP contribution >= 0.6 is 0 Å². The number of benzene rings is 10. The van der Waals surface area contributed by atoms with Gasteiger partial charge in [0.1, 0.15) is 0 Å². The summed E-state index contributed by atoms with van der Waals surface area (Å²) in [5.74, 6) is 1.39. The van der Waals surface area contributed by atoms with Gasteiger partial charge in [0, 0.05) is 0 Å². The molecule has 0 radical (unpaired) electrons. The molecule has 0 aromatic heterocycles. The second kappa shape index (κ2) is 24.3. The van der Waals surface area contributed by atoms with Gasteiger partial charge in [0.15, 0.2) is 0 Å². The fourth-order valence-corrected chi connectivity index (χ4v) is 9.55. The molecule has 0 N–H and O–H groups in total. The molecule has 0 aliphatic heterocycles. The molecule has 0 heterocycles. The predicted octanol–water partition coefficient (Wildman–Crippen LogP) is 17.3. The van der Waals surface area contributed by atoms with Crippen LogP contribution in [0.1, 0.15) is 25.7 Å². The van der Waals surface area contributed by atoms with Gasteiger partial charge in [-0.1, -0.05) is 267 Å². The quantitative estimate of drug-likeness (QED) is 0.113. The van der Waals surface area contributed by atoms with Crippen molar-refractivity contribution in [1.29, 1.82) is 0 Å². The average molecular weight is 953 g/mol. The van der Waals surface area contributed by atoms with Gasteiger partial charge in [-0.05, 0) is 114 Å². The third kappa shape index (κ3) is 11.7. The summed E-state index contributed by atoms with van der Waals surface area (Å²) >= 11 is 0. The monoisotopic (exact) mass is 952 g/mol. The van der Waals surface area contributed by atoms with Gasteiger partial charge in [-0.3, -0.25) is 0 Å². The van der Waals surface area contributed by atoms with E-state index in [4.69, 9.17) is 0 Å². The topological polar surface area (TPSA) is 46.1 Å². The maximum absolute atomic E-state index is 14.2. The van der Waals surface area contributed by atoms with Gasteiger partial charge < -0.3 is 17.1 Å². The minimum absolute atomic E-state index is 0. The van der Waals surface area contributed by atoms with Gasteiger partial charge >= 0.3 is 21.7 Å². The molecule has 1 aliphatic rings. The maximum atomic E-state index is 14.2. The van der Waals surface area contributed by atoms with Gasteiger partial charge in [0.2, 0.25) is 0 Å². The van der Waals surface area contributed by atoms with E-state index in [1.165, 1.54) is 25.7 Å². The molecule has 71 heavy (non-hydrogen) atoms. The second-order valence-corrected chi connectivity index (χ2v) is 17.8. The summed E-state index contributed by atoms with van der Waals surface area (Å²) < 4.78 is 0. The summed E-state index contributed by atoms with van der Waals surface area (Å²) in [4.78, 5) is 0. The van der Waals surface area contributed by atoms with E-state index in [0.29, 0.717) is 11.8 Å². The zero-order valence-electron chi connectivity index (χ0n) is 40.0. The molecular formula is C68H56O2Ti. The van der Waals surface area contributed by atoms with E-state index in [1.54, 1.807) is 0 Å². The molecule has 1 fully saturated rings. The van der Waals surface area contributed by atoms with Crippen molar-refractivity contribution < 1.29 is 31.9 Å². The van der Waals surface area contributed by atoms with Gasteiger partial charge in [0.25, 0.3) is 0 Å². The maximum Gasteiger partial charge on any atom is 2.00 e. The van der Waals surface area contributed by atoms with Crippen LogP contribution in [0, 0.1) is 25.7 Å². The van der Waals surface area contributed by atoms with E-state index in [0.717, 1.165) is 89.0 Å². The minimum Gasteiger partial charge on any atom is -0.872 e. The Morgan fingerprint density at radius 1 is 0.310 bits per heavy atom. The zero-order chi connectivity index (χ0) is 48.1. The average Bonchev–Trinajstić information content (AvgIpc) is 3.43. The van der Waals surface area contributed by atoms with Crippen LogP contribution in [0.25, 0.3) is 89.0 Å². The summed E-state index contributed by atoms with van der Waals surface area (Å²) in [5, 5.41) is 28.3. The third-order valence-corrected chi connectivity index (χ3v) is 13.2. The molecule has 0 unspecified atom stereocenters. The van der Waals surface area contributed by atoms with Crippen molar-refractivity contribution in [3.05, 3.63) is 269 Å². The molecule has 0 bridgehead atoms. The van der Waals surface area contributed by atoms with Gasteiger partial charge in [0.05, 0.1) is 12.8 Å². The molecule has 344 valence electrons. The summed E-state index contributed by atoms with van der Waals surface area (Å²) in [7, 11) is 0. The fourth-order valence-electron chi connectivity index (χ4n) is 9.55. The molecule has 10 aromatic carbocycles. The van der Waals surface area contributed by atoms with Crippen molar-refractivity contribution in [2.45, 2.75) is 25.7 Å². The summed E-state index contributed by atoms with van der Waals surface area (Å²) in [6, 6.07) is 84.9. The summed E-state index contributed by atoms with van der Waals surface area (Å²) in [5.41, 5.74) is 14.7. The Kier molecular flexibility index (Phi) is 17.0. The second-order valence-electron chi connectivity index (χ2n) is 17.8. The normalized spacial score (nSPS) is 13.8. The third-order valence-electron chi connectivity index (χ3n) is 13.2. The SMILES string of the molecule is [CH2+][C@@H]1CCCC[C@H]1[CH2-].[O-]c1c(-c2ccccc2)c(-c2ccccc2)cc(-c2ccccc2)c1-c1ccccc1.[O-]c1c(-c2ccccc2)c(-c2ccccc2)cc(-c2ccccc2)c1-c1ccccc1.[Ti+2]. The Morgan fingerprint density at radius 2 is 0.507 bits per heavy atom. The number of hydrogen-bond donors (Lipinski definition) is 0. The van der Waals surface area contributed by atoms with E-state index >= 15 is 0 Å². The Hall–Kier alpha value is -7.62. The minimum atomic E-state index is 0. The Morgan fingerprint density at radius 3 is 0.690 bits per heavy atom. The van der Waals surface area contributed by atoms with Crippen LogP contribution in [0.15, 0.2) is 255 Å². The Labute approximate surface area is 435 Å².